The molecule has 0 atom stereocenters. The molecule has 4 aromatic rings. The fraction of sp³-hybridized carbons (Fsp3) is 0.188. The van der Waals surface area contributed by atoms with Crippen LogP contribution in [0, 0.1) is 5.92 Å². The predicted molar refractivity (Wildman–Crippen MR) is 142 cm³/mol. The van der Waals surface area contributed by atoms with Crippen molar-refractivity contribution in [1.29, 1.82) is 0 Å². The van der Waals surface area contributed by atoms with E-state index in [4.69, 9.17) is 0 Å². The minimum absolute atomic E-state index is 0. The van der Waals surface area contributed by atoms with Gasteiger partial charge in [0, 0.05) is 44.4 Å². The van der Waals surface area contributed by atoms with E-state index in [0.717, 1.165) is 6.42 Å². The first-order valence-corrected chi connectivity index (χ1v) is 12.5. The van der Waals surface area contributed by atoms with Crippen LogP contribution in [-0.4, -0.2) is 6.38 Å². The third-order valence-electron chi connectivity index (χ3n) is 7.13. The zero-order chi connectivity index (χ0) is 22.8. The SMILES string of the molecule is CCC=CC(C1c2ccccc2-c2ccccc21)C1c2ccccc2-c2ccccc21.CCl.[Zr]. The van der Waals surface area contributed by atoms with Crippen LogP contribution < -0.4 is 0 Å². The summed E-state index contributed by atoms with van der Waals surface area (Å²) in [5, 5.41) is 0. The Morgan fingerprint density at radius 1 is 0.588 bits per heavy atom. The molecule has 6 rings (SSSR count). The summed E-state index contributed by atoms with van der Waals surface area (Å²) in [5.41, 5.74) is 11.5. The third-order valence-corrected chi connectivity index (χ3v) is 7.13. The Labute approximate surface area is 227 Å². The molecule has 0 aliphatic heterocycles. The zero-order valence-electron chi connectivity index (χ0n) is 19.7. The van der Waals surface area contributed by atoms with Crippen molar-refractivity contribution in [2.75, 3.05) is 6.38 Å². The number of benzene rings is 4. The second-order valence-electron chi connectivity index (χ2n) is 8.72. The van der Waals surface area contributed by atoms with Crippen molar-refractivity contribution in [3.63, 3.8) is 0 Å². The van der Waals surface area contributed by atoms with Gasteiger partial charge < -0.3 is 0 Å². The largest absolute Gasteiger partial charge is 0.130 e. The molecule has 168 valence electrons. The Morgan fingerprint density at radius 2 is 0.882 bits per heavy atom. The van der Waals surface area contributed by atoms with Crippen molar-refractivity contribution in [2.24, 2.45) is 5.92 Å². The molecule has 4 aromatic carbocycles. The van der Waals surface area contributed by atoms with E-state index >= 15 is 0 Å². The van der Waals surface area contributed by atoms with E-state index in [1.54, 1.807) is 0 Å². The molecule has 0 N–H and O–H groups in total. The van der Waals surface area contributed by atoms with Gasteiger partial charge in [0.2, 0.25) is 0 Å². The Kier molecular flexibility index (Phi) is 8.07. The zero-order valence-corrected chi connectivity index (χ0v) is 22.9. The van der Waals surface area contributed by atoms with Crippen LogP contribution >= 0.6 is 11.6 Å². The Balaban J connectivity index is 0.000000890. The number of alkyl halides is 1. The molecule has 2 aliphatic carbocycles. The van der Waals surface area contributed by atoms with Crippen LogP contribution in [0.5, 0.6) is 0 Å². The van der Waals surface area contributed by atoms with Crippen LogP contribution in [0.1, 0.15) is 47.4 Å². The van der Waals surface area contributed by atoms with E-state index < -0.39 is 0 Å². The molecular formula is C32H29ClZr. The number of rotatable bonds is 4. The van der Waals surface area contributed by atoms with Gasteiger partial charge in [-0.3, -0.25) is 0 Å². The molecule has 0 amide bonds. The van der Waals surface area contributed by atoms with Gasteiger partial charge in [-0.25, -0.2) is 0 Å². The molecule has 0 bridgehead atoms. The first-order chi connectivity index (χ1) is 16.4. The van der Waals surface area contributed by atoms with E-state index in [0.29, 0.717) is 17.8 Å². The average Bonchev–Trinajstić information content (AvgIpc) is 3.40. The van der Waals surface area contributed by atoms with E-state index in [9.17, 15) is 0 Å². The summed E-state index contributed by atoms with van der Waals surface area (Å²) >= 11 is 4.64. The quantitative estimate of drug-likeness (QED) is 0.179. The molecule has 2 aliphatic rings. The second kappa shape index (κ2) is 11.0. The molecule has 0 fully saturated rings. The van der Waals surface area contributed by atoms with Crippen molar-refractivity contribution in [2.45, 2.75) is 25.2 Å². The van der Waals surface area contributed by atoms with Gasteiger partial charge in [0.05, 0.1) is 0 Å². The van der Waals surface area contributed by atoms with E-state index in [-0.39, 0.29) is 26.2 Å². The summed E-state index contributed by atoms with van der Waals surface area (Å²) in [6, 6.07) is 36.1. The minimum atomic E-state index is 0. The van der Waals surface area contributed by atoms with Crippen molar-refractivity contribution in [3.8, 4) is 22.3 Å². The molecular weight excluding hydrogens is 511 g/mol. The molecule has 34 heavy (non-hydrogen) atoms. The Hall–Kier alpha value is -2.21. The standard InChI is InChI=1S/C31H26.CH3Cl.Zr/c1-2-3-12-29(30-25-17-8-4-13-21(25)22-14-5-9-18-26(22)30)31-27-19-10-6-15-23(27)24-16-7-11-20-28(24)31;1-2;/h3-20,29-31H,2H2,1H3;1H3;. The summed E-state index contributed by atoms with van der Waals surface area (Å²) in [4.78, 5) is 0. The summed E-state index contributed by atoms with van der Waals surface area (Å²) in [7, 11) is 0. The summed E-state index contributed by atoms with van der Waals surface area (Å²) in [5.74, 6) is 1.09. The van der Waals surface area contributed by atoms with Crippen LogP contribution in [0.2, 0.25) is 0 Å². The molecule has 0 unspecified atom stereocenters. The van der Waals surface area contributed by atoms with Crippen molar-refractivity contribution < 1.29 is 26.2 Å². The summed E-state index contributed by atoms with van der Waals surface area (Å²) < 4.78 is 0. The predicted octanol–water partition coefficient (Wildman–Crippen LogP) is 9.05. The molecule has 0 aromatic heterocycles. The normalized spacial score (nSPS) is 13.5. The van der Waals surface area contributed by atoms with Crippen LogP contribution in [0.4, 0.5) is 0 Å². The third kappa shape index (κ3) is 4.08. The fourth-order valence-electron chi connectivity index (χ4n) is 5.93. The monoisotopic (exact) mass is 538 g/mol. The van der Waals surface area contributed by atoms with Crippen molar-refractivity contribution in [3.05, 3.63) is 131 Å². The van der Waals surface area contributed by atoms with Crippen molar-refractivity contribution >= 4 is 11.6 Å². The van der Waals surface area contributed by atoms with Gasteiger partial charge in [-0.2, -0.15) is 0 Å². The fourth-order valence-corrected chi connectivity index (χ4v) is 5.93. The van der Waals surface area contributed by atoms with Gasteiger partial charge in [-0.1, -0.05) is 116 Å². The second-order valence-corrected chi connectivity index (χ2v) is 8.72. The molecule has 0 saturated heterocycles. The average molecular weight is 540 g/mol. The first-order valence-electron chi connectivity index (χ1n) is 11.8. The minimum Gasteiger partial charge on any atom is -0.130 e. The van der Waals surface area contributed by atoms with Crippen molar-refractivity contribution in [1.82, 2.24) is 0 Å². The van der Waals surface area contributed by atoms with E-state index in [1.807, 2.05) is 0 Å². The maximum absolute atomic E-state index is 4.64. The van der Waals surface area contributed by atoms with Crippen LogP contribution in [0.25, 0.3) is 22.3 Å². The van der Waals surface area contributed by atoms with Crippen LogP contribution in [0.3, 0.4) is 0 Å². The van der Waals surface area contributed by atoms with Gasteiger partial charge >= 0.3 is 0 Å². The number of hydrogen-bond donors (Lipinski definition) is 0. The molecule has 2 heteroatoms. The molecule has 0 spiro atoms. The van der Waals surface area contributed by atoms with Crippen LogP contribution in [-0.2, 0) is 26.2 Å². The maximum atomic E-state index is 4.64. The number of hydrogen-bond acceptors (Lipinski definition) is 0. The Bertz CT molecular complexity index is 1120. The van der Waals surface area contributed by atoms with E-state index in [1.165, 1.54) is 50.9 Å². The number of fused-ring (bicyclic) bond motifs is 6. The smallest absolute Gasteiger partial charge is 0.0173 e. The van der Waals surface area contributed by atoms with E-state index in [2.05, 4.69) is 128 Å². The molecule has 0 nitrogen and oxygen atoms in total. The summed E-state index contributed by atoms with van der Waals surface area (Å²) in [6.07, 6.45) is 7.41. The molecule has 0 heterocycles. The van der Waals surface area contributed by atoms with Gasteiger partial charge in [0.15, 0.2) is 0 Å². The van der Waals surface area contributed by atoms with Gasteiger partial charge in [0.25, 0.3) is 0 Å². The Morgan fingerprint density at radius 3 is 1.18 bits per heavy atom. The molecule has 0 saturated carbocycles. The van der Waals surface area contributed by atoms with Gasteiger partial charge in [-0.05, 0) is 56.8 Å². The summed E-state index contributed by atoms with van der Waals surface area (Å²) in [6.45, 7) is 2.24. The number of halogens is 1. The maximum Gasteiger partial charge on any atom is 0.0173 e. The first kappa shape index (κ1) is 24.9. The van der Waals surface area contributed by atoms with Crippen LogP contribution in [0.15, 0.2) is 109 Å². The number of allylic oxidation sites excluding steroid dienone is 2. The van der Waals surface area contributed by atoms with Gasteiger partial charge in [0.1, 0.15) is 0 Å². The molecule has 0 radical (unpaired) electrons. The topological polar surface area (TPSA) is 0 Å². The van der Waals surface area contributed by atoms with Gasteiger partial charge in [-0.15, -0.1) is 11.6 Å².